The second kappa shape index (κ2) is 8.70. The molecule has 5 heteroatoms. The molecule has 8 saturated carbocycles. The topological polar surface area (TPSA) is 61.8 Å². The molecule has 8 rings (SSSR count). The molecule has 8 fully saturated rings. The molecule has 9 atom stereocenters. The summed E-state index contributed by atoms with van der Waals surface area (Å²) in [7, 11) is 0. The summed E-state index contributed by atoms with van der Waals surface area (Å²) in [5.41, 5.74) is 0.275. The van der Waals surface area contributed by atoms with E-state index < -0.39 is 0 Å². The second-order valence-corrected chi connectivity index (χ2v) is 16.0. The molecule has 0 N–H and O–H groups in total. The summed E-state index contributed by atoms with van der Waals surface area (Å²) in [6, 6.07) is 0. The molecule has 0 aromatic carbocycles. The molecule has 0 heterocycles. The van der Waals surface area contributed by atoms with E-state index in [-0.39, 0.29) is 42.1 Å². The van der Waals surface area contributed by atoms with Crippen LogP contribution in [-0.4, -0.2) is 31.4 Å². The summed E-state index contributed by atoms with van der Waals surface area (Å²) < 4.78 is 18.0. The molecule has 0 spiro atoms. The summed E-state index contributed by atoms with van der Waals surface area (Å²) in [4.78, 5) is 26.1. The zero-order valence-electron chi connectivity index (χ0n) is 23.5. The minimum atomic E-state index is -0.108. The Balaban J connectivity index is 0.925. The third-order valence-corrected chi connectivity index (χ3v) is 12.8. The van der Waals surface area contributed by atoms with Gasteiger partial charge in [-0.25, -0.2) is 0 Å². The van der Waals surface area contributed by atoms with Crippen LogP contribution in [0.1, 0.15) is 91.9 Å². The van der Waals surface area contributed by atoms with Crippen LogP contribution in [0.4, 0.5) is 0 Å². The van der Waals surface area contributed by atoms with Gasteiger partial charge < -0.3 is 14.2 Å². The third-order valence-electron chi connectivity index (χ3n) is 12.8. The van der Waals surface area contributed by atoms with Gasteiger partial charge in [0.05, 0.1) is 18.4 Å². The molecule has 9 unspecified atom stereocenters. The van der Waals surface area contributed by atoms with Crippen molar-refractivity contribution in [3.05, 3.63) is 0 Å². The van der Waals surface area contributed by atoms with Crippen LogP contribution >= 0.6 is 0 Å². The van der Waals surface area contributed by atoms with Crippen LogP contribution in [0.25, 0.3) is 0 Å². The SMILES string of the molecule is CC(C(=O)OC1CC2CC1C1C3CC(CC3C(=O)OCOCC34CC5CC(CC(C5)C3)C4)C21)C(C)(C)C. The Morgan fingerprint density at radius 3 is 2.11 bits per heavy atom. The van der Waals surface area contributed by atoms with Crippen molar-refractivity contribution in [3.8, 4) is 0 Å². The Bertz CT molecular complexity index is 899. The highest BCUT2D eigenvalue weighted by Gasteiger charge is 2.66. The molecule has 0 aliphatic heterocycles. The second-order valence-electron chi connectivity index (χ2n) is 16.0. The molecule has 8 aliphatic rings. The first-order chi connectivity index (χ1) is 17.6. The van der Waals surface area contributed by atoms with Gasteiger partial charge in [0.15, 0.2) is 6.79 Å². The number of hydrogen-bond donors (Lipinski definition) is 0. The average molecular weight is 513 g/mol. The lowest BCUT2D eigenvalue weighted by Crippen LogP contribution is -2.48. The Morgan fingerprint density at radius 2 is 1.46 bits per heavy atom. The third kappa shape index (κ3) is 4.11. The van der Waals surface area contributed by atoms with Crippen molar-refractivity contribution < 1.29 is 23.8 Å². The lowest BCUT2D eigenvalue weighted by molar-refractivity contribution is -0.175. The maximum absolute atomic E-state index is 13.2. The molecule has 0 amide bonds. The van der Waals surface area contributed by atoms with Gasteiger partial charge in [-0.15, -0.1) is 0 Å². The van der Waals surface area contributed by atoms with E-state index in [9.17, 15) is 9.59 Å². The standard InChI is InChI=1S/C32H48O5/c1-17(31(2,3)4)29(33)37-26-11-22-10-25(26)28-23-8-21(27(22)28)9-24(23)30(34)36-16-35-15-32-12-18-5-19(13-32)7-20(6-18)14-32/h17-28H,5-16H2,1-4H3. The van der Waals surface area contributed by atoms with Gasteiger partial charge in [-0.1, -0.05) is 27.7 Å². The van der Waals surface area contributed by atoms with E-state index in [0.717, 1.165) is 49.5 Å². The van der Waals surface area contributed by atoms with E-state index >= 15 is 0 Å². The average Bonchev–Trinajstić information content (AvgIpc) is 3.58. The molecule has 0 aromatic heterocycles. The highest BCUT2D eigenvalue weighted by atomic mass is 16.7. The van der Waals surface area contributed by atoms with Gasteiger partial charge in [-0.05, 0) is 128 Å². The first-order valence-corrected chi connectivity index (χ1v) is 15.5. The number of esters is 2. The molecule has 0 radical (unpaired) electrons. The Kier molecular flexibility index (Phi) is 5.86. The summed E-state index contributed by atoms with van der Waals surface area (Å²) in [6.45, 7) is 9.21. The summed E-state index contributed by atoms with van der Waals surface area (Å²) in [5, 5.41) is 0. The van der Waals surface area contributed by atoms with E-state index in [0.29, 0.717) is 35.0 Å². The number of rotatable bonds is 7. The van der Waals surface area contributed by atoms with Gasteiger partial charge in [0.25, 0.3) is 0 Å². The van der Waals surface area contributed by atoms with Crippen LogP contribution in [-0.2, 0) is 23.8 Å². The highest BCUT2D eigenvalue weighted by Crippen LogP contribution is 2.69. The molecule has 0 aromatic rings. The summed E-state index contributed by atoms with van der Waals surface area (Å²) >= 11 is 0. The molecular formula is C32H48O5. The van der Waals surface area contributed by atoms with Crippen LogP contribution in [0.5, 0.6) is 0 Å². The van der Waals surface area contributed by atoms with Gasteiger partial charge in [0.1, 0.15) is 6.10 Å². The summed E-state index contributed by atoms with van der Waals surface area (Å²) in [5.74, 6) is 6.02. The highest BCUT2D eigenvalue weighted by molar-refractivity contribution is 5.74. The normalized spacial score (nSPS) is 49.4. The largest absolute Gasteiger partial charge is 0.462 e. The predicted octanol–water partition coefficient (Wildman–Crippen LogP) is 6.24. The quantitative estimate of drug-likeness (QED) is 0.175. The zero-order chi connectivity index (χ0) is 25.7. The molecule has 8 aliphatic carbocycles. The predicted molar refractivity (Wildman–Crippen MR) is 139 cm³/mol. The van der Waals surface area contributed by atoms with Crippen molar-refractivity contribution in [3.63, 3.8) is 0 Å². The van der Waals surface area contributed by atoms with Crippen LogP contribution in [0.3, 0.4) is 0 Å². The van der Waals surface area contributed by atoms with Crippen LogP contribution in [0.2, 0.25) is 0 Å². The molecule has 37 heavy (non-hydrogen) atoms. The fraction of sp³-hybridized carbons (Fsp3) is 0.938. The van der Waals surface area contributed by atoms with Gasteiger partial charge in [-0.3, -0.25) is 9.59 Å². The number of fused-ring (bicyclic) bond motifs is 9. The molecule has 5 nitrogen and oxygen atoms in total. The van der Waals surface area contributed by atoms with Crippen molar-refractivity contribution in [2.75, 3.05) is 13.4 Å². The van der Waals surface area contributed by atoms with E-state index in [1.165, 1.54) is 44.9 Å². The van der Waals surface area contributed by atoms with Crippen LogP contribution in [0.15, 0.2) is 0 Å². The number of hydrogen-bond acceptors (Lipinski definition) is 5. The fourth-order valence-corrected chi connectivity index (χ4v) is 11.5. The van der Waals surface area contributed by atoms with Crippen LogP contribution in [0, 0.1) is 75.9 Å². The van der Waals surface area contributed by atoms with E-state index in [4.69, 9.17) is 14.2 Å². The van der Waals surface area contributed by atoms with Gasteiger partial charge in [0.2, 0.25) is 0 Å². The van der Waals surface area contributed by atoms with E-state index in [1.807, 2.05) is 6.92 Å². The number of carbonyl (C=O) groups excluding carboxylic acids is 2. The maximum atomic E-state index is 13.2. The monoisotopic (exact) mass is 512 g/mol. The smallest absolute Gasteiger partial charge is 0.311 e. The summed E-state index contributed by atoms with van der Waals surface area (Å²) in [6.07, 6.45) is 12.7. The Labute approximate surface area is 223 Å². The van der Waals surface area contributed by atoms with Crippen molar-refractivity contribution in [1.29, 1.82) is 0 Å². The first kappa shape index (κ1) is 24.9. The first-order valence-electron chi connectivity index (χ1n) is 15.5. The van der Waals surface area contributed by atoms with E-state index in [1.54, 1.807) is 0 Å². The van der Waals surface area contributed by atoms with Gasteiger partial charge >= 0.3 is 11.9 Å². The lowest BCUT2D eigenvalue weighted by Gasteiger charge is -2.56. The zero-order valence-corrected chi connectivity index (χ0v) is 23.5. The van der Waals surface area contributed by atoms with Crippen molar-refractivity contribution in [2.24, 2.45) is 75.9 Å². The molecule has 8 bridgehead atoms. The van der Waals surface area contributed by atoms with Gasteiger partial charge in [0, 0.05) is 0 Å². The number of carbonyl (C=O) groups is 2. The van der Waals surface area contributed by atoms with Crippen LogP contribution < -0.4 is 0 Å². The Morgan fingerprint density at radius 1 is 0.838 bits per heavy atom. The molecule has 206 valence electrons. The Hall–Kier alpha value is -1.10. The molecular weight excluding hydrogens is 464 g/mol. The van der Waals surface area contributed by atoms with Crippen molar-refractivity contribution in [2.45, 2.75) is 98.0 Å². The van der Waals surface area contributed by atoms with Crippen molar-refractivity contribution in [1.82, 2.24) is 0 Å². The fourth-order valence-electron chi connectivity index (χ4n) is 11.5. The lowest BCUT2D eigenvalue weighted by atomic mass is 9.50. The minimum absolute atomic E-state index is 0.0126. The minimum Gasteiger partial charge on any atom is -0.462 e. The van der Waals surface area contributed by atoms with E-state index in [2.05, 4.69) is 20.8 Å². The molecule has 0 saturated heterocycles. The number of ether oxygens (including phenoxy) is 3. The van der Waals surface area contributed by atoms with Crippen molar-refractivity contribution >= 4 is 11.9 Å². The maximum Gasteiger partial charge on any atom is 0.311 e. The van der Waals surface area contributed by atoms with Gasteiger partial charge in [-0.2, -0.15) is 0 Å².